The van der Waals surface area contributed by atoms with Gasteiger partial charge in [0.2, 0.25) is 0 Å². The fourth-order valence-corrected chi connectivity index (χ4v) is 2.58. The van der Waals surface area contributed by atoms with E-state index >= 15 is 0 Å². The fourth-order valence-electron chi connectivity index (χ4n) is 2.58. The Morgan fingerprint density at radius 2 is 1.86 bits per heavy atom. The second-order valence-electron chi connectivity index (χ2n) is 5.88. The van der Waals surface area contributed by atoms with Gasteiger partial charge in [0.25, 0.3) is 0 Å². The van der Waals surface area contributed by atoms with Crippen molar-refractivity contribution in [2.45, 2.75) is 59.9 Å². The molecule has 0 aromatic carbocycles. The van der Waals surface area contributed by atoms with Gasteiger partial charge >= 0.3 is 5.97 Å². The van der Waals surface area contributed by atoms with Crippen molar-refractivity contribution >= 4 is 11.8 Å². The highest BCUT2D eigenvalue weighted by Gasteiger charge is 2.20. The van der Waals surface area contributed by atoms with E-state index in [1.165, 1.54) is 0 Å². The number of carbonyl (C=O) groups is 1. The van der Waals surface area contributed by atoms with Crippen LogP contribution in [0.25, 0.3) is 0 Å². The minimum absolute atomic E-state index is 0.330. The summed E-state index contributed by atoms with van der Waals surface area (Å²) in [5.74, 6) is 0.419. The number of hydrogen-bond acceptors (Lipinski definition) is 3. The maximum atomic E-state index is 11.3. The molecule has 0 fully saturated rings. The second kappa shape index (κ2) is 8.01. The summed E-state index contributed by atoms with van der Waals surface area (Å²) in [6.45, 7) is 11.6. The Morgan fingerprint density at radius 1 is 1.24 bits per heavy atom. The smallest absolute Gasteiger partial charge is 0.335 e. The van der Waals surface area contributed by atoms with Crippen molar-refractivity contribution in [2.75, 3.05) is 11.4 Å². The SMILES string of the molecule is CCc1cc(C(=O)O)cc(N(CC(C)C)C(CC)CC)n1. The summed E-state index contributed by atoms with van der Waals surface area (Å²) in [5, 5.41) is 9.30. The number of aromatic nitrogens is 1. The Kier molecular flexibility index (Phi) is 6.66. The molecule has 1 rings (SSSR count). The second-order valence-corrected chi connectivity index (χ2v) is 5.88. The molecule has 0 aliphatic rings. The van der Waals surface area contributed by atoms with E-state index < -0.39 is 5.97 Å². The average molecular weight is 292 g/mol. The van der Waals surface area contributed by atoms with Crippen LogP contribution < -0.4 is 4.90 Å². The van der Waals surface area contributed by atoms with Gasteiger partial charge < -0.3 is 10.0 Å². The van der Waals surface area contributed by atoms with E-state index in [-0.39, 0.29) is 0 Å². The molecule has 0 aliphatic heterocycles. The number of carboxylic acids is 1. The molecule has 21 heavy (non-hydrogen) atoms. The molecule has 0 spiro atoms. The summed E-state index contributed by atoms with van der Waals surface area (Å²) in [6, 6.07) is 3.78. The number of hydrogen-bond donors (Lipinski definition) is 1. The molecule has 0 aliphatic carbocycles. The van der Waals surface area contributed by atoms with Crippen molar-refractivity contribution in [2.24, 2.45) is 5.92 Å². The van der Waals surface area contributed by atoms with Gasteiger partial charge in [0.15, 0.2) is 0 Å². The van der Waals surface area contributed by atoms with Crippen LogP contribution in [0.4, 0.5) is 5.82 Å². The van der Waals surface area contributed by atoms with Gasteiger partial charge in [0, 0.05) is 18.3 Å². The first-order chi connectivity index (χ1) is 9.92. The van der Waals surface area contributed by atoms with E-state index in [2.05, 4.69) is 37.6 Å². The van der Waals surface area contributed by atoms with Gasteiger partial charge in [0.1, 0.15) is 5.82 Å². The van der Waals surface area contributed by atoms with E-state index in [9.17, 15) is 9.90 Å². The zero-order valence-corrected chi connectivity index (χ0v) is 13.9. The molecule has 0 amide bonds. The molecule has 0 atom stereocenters. The molecule has 118 valence electrons. The van der Waals surface area contributed by atoms with Gasteiger partial charge in [-0.2, -0.15) is 0 Å². The van der Waals surface area contributed by atoms with Crippen molar-refractivity contribution in [3.63, 3.8) is 0 Å². The van der Waals surface area contributed by atoms with Crippen LogP contribution in [0.15, 0.2) is 12.1 Å². The van der Waals surface area contributed by atoms with E-state index in [1.807, 2.05) is 6.92 Å². The Bertz CT molecular complexity index is 468. The molecule has 4 nitrogen and oxygen atoms in total. The highest BCUT2D eigenvalue weighted by atomic mass is 16.4. The van der Waals surface area contributed by atoms with Crippen LogP contribution in [0.5, 0.6) is 0 Å². The molecule has 0 bridgehead atoms. The van der Waals surface area contributed by atoms with Crippen LogP contribution in [-0.4, -0.2) is 28.6 Å². The molecule has 1 N–H and O–H groups in total. The van der Waals surface area contributed by atoms with Crippen LogP contribution in [0.2, 0.25) is 0 Å². The third-order valence-electron chi connectivity index (χ3n) is 3.71. The molecule has 1 aromatic heterocycles. The number of aryl methyl sites for hydroxylation is 1. The van der Waals surface area contributed by atoms with Crippen LogP contribution in [-0.2, 0) is 6.42 Å². The van der Waals surface area contributed by atoms with Crippen molar-refractivity contribution in [1.82, 2.24) is 4.98 Å². The van der Waals surface area contributed by atoms with Crippen molar-refractivity contribution in [3.8, 4) is 0 Å². The monoisotopic (exact) mass is 292 g/mol. The number of pyridine rings is 1. The first-order valence-corrected chi connectivity index (χ1v) is 7.93. The minimum atomic E-state index is -0.887. The number of carboxylic acid groups (broad SMARTS) is 1. The minimum Gasteiger partial charge on any atom is -0.478 e. The standard InChI is InChI=1S/C17H28N2O2/c1-6-14-9-13(17(20)21)10-16(18-14)19(11-12(4)5)15(7-2)8-3/h9-10,12,15H,6-8,11H2,1-5H3,(H,20,21). The highest BCUT2D eigenvalue weighted by molar-refractivity contribution is 5.88. The predicted molar refractivity (Wildman–Crippen MR) is 87.1 cm³/mol. The lowest BCUT2D eigenvalue weighted by Crippen LogP contribution is -2.38. The summed E-state index contributed by atoms with van der Waals surface area (Å²) in [6.07, 6.45) is 2.81. The molecule has 0 unspecified atom stereocenters. The third kappa shape index (κ3) is 4.73. The highest BCUT2D eigenvalue weighted by Crippen LogP contribution is 2.22. The summed E-state index contributed by atoms with van der Waals surface area (Å²) < 4.78 is 0. The van der Waals surface area contributed by atoms with Gasteiger partial charge in [-0.15, -0.1) is 0 Å². The first-order valence-electron chi connectivity index (χ1n) is 7.93. The van der Waals surface area contributed by atoms with Gasteiger partial charge in [0.05, 0.1) is 5.56 Å². The Morgan fingerprint density at radius 3 is 2.29 bits per heavy atom. The lowest BCUT2D eigenvalue weighted by Gasteiger charge is -2.33. The maximum absolute atomic E-state index is 11.3. The van der Waals surface area contributed by atoms with Gasteiger partial charge in [-0.3, -0.25) is 0 Å². The number of aromatic carboxylic acids is 1. The molecular formula is C17H28N2O2. The summed E-state index contributed by atoms with van der Waals surface area (Å²) in [5.41, 5.74) is 1.17. The van der Waals surface area contributed by atoms with Crippen LogP contribution in [0.3, 0.4) is 0 Å². The molecule has 0 saturated carbocycles. The zero-order valence-electron chi connectivity index (χ0n) is 13.9. The largest absolute Gasteiger partial charge is 0.478 e. The van der Waals surface area contributed by atoms with Crippen LogP contribution >= 0.6 is 0 Å². The van der Waals surface area contributed by atoms with Gasteiger partial charge in [-0.05, 0) is 37.3 Å². The van der Waals surface area contributed by atoms with E-state index in [4.69, 9.17) is 0 Å². The molecule has 1 aromatic rings. The normalized spacial score (nSPS) is 11.2. The molecule has 1 heterocycles. The average Bonchev–Trinajstić information content (AvgIpc) is 2.46. The molecule has 4 heteroatoms. The maximum Gasteiger partial charge on any atom is 0.335 e. The van der Waals surface area contributed by atoms with Gasteiger partial charge in [-0.1, -0.05) is 34.6 Å². The van der Waals surface area contributed by atoms with Crippen molar-refractivity contribution in [3.05, 3.63) is 23.4 Å². The zero-order chi connectivity index (χ0) is 16.0. The van der Waals surface area contributed by atoms with Crippen molar-refractivity contribution in [1.29, 1.82) is 0 Å². The fraction of sp³-hybridized carbons (Fsp3) is 0.647. The quantitative estimate of drug-likeness (QED) is 0.787. The Labute approximate surface area is 128 Å². The summed E-state index contributed by atoms with van der Waals surface area (Å²) in [7, 11) is 0. The third-order valence-corrected chi connectivity index (χ3v) is 3.71. The summed E-state index contributed by atoms with van der Waals surface area (Å²) >= 11 is 0. The topological polar surface area (TPSA) is 53.4 Å². The van der Waals surface area contributed by atoms with E-state index in [0.717, 1.165) is 37.3 Å². The van der Waals surface area contributed by atoms with Gasteiger partial charge in [-0.25, -0.2) is 9.78 Å². The first kappa shape index (κ1) is 17.5. The number of rotatable bonds is 8. The molecular weight excluding hydrogens is 264 g/mol. The van der Waals surface area contributed by atoms with Crippen LogP contribution in [0, 0.1) is 5.92 Å². The number of nitrogens with zero attached hydrogens (tertiary/aromatic N) is 2. The molecule has 0 saturated heterocycles. The Hall–Kier alpha value is -1.58. The predicted octanol–water partition coefficient (Wildman–Crippen LogP) is 3.99. The lowest BCUT2D eigenvalue weighted by atomic mass is 10.1. The lowest BCUT2D eigenvalue weighted by molar-refractivity contribution is 0.0696. The molecule has 0 radical (unpaired) electrons. The van der Waals surface area contributed by atoms with Crippen molar-refractivity contribution < 1.29 is 9.90 Å². The van der Waals surface area contributed by atoms with E-state index in [1.54, 1.807) is 12.1 Å². The van der Waals surface area contributed by atoms with Crippen LogP contribution in [0.1, 0.15) is 63.5 Å². The summed E-state index contributed by atoms with van der Waals surface area (Å²) in [4.78, 5) is 18.3. The van der Waals surface area contributed by atoms with E-state index in [0.29, 0.717) is 17.5 Å². The Balaban J connectivity index is 3.27. The number of anilines is 1.